The van der Waals surface area contributed by atoms with E-state index in [0.29, 0.717) is 19.6 Å². The van der Waals surface area contributed by atoms with Gasteiger partial charge in [0.25, 0.3) is 5.91 Å². The minimum Gasteiger partial charge on any atom is -0.493 e. The van der Waals surface area contributed by atoms with Crippen LogP contribution in [0.2, 0.25) is 0 Å². The second-order valence-corrected chi connectivity index (χ2v) is 5.82. The van der Waals surface area contributed by atoms with Gasteiger partial charge in [0, 0.05) is 18.8 Å². The van der Waals surface area contributed by atoms with Crippen molar-refractivity contribution in [2.75, 3.05) is 34.3 Å². The second-order valence-electron chi connectivity index (χ2n) is 5.82. The second kappa shape index (κ2) is 7.92. The number of H-pyrrole nitrogens is 1. The highest BCUT2D eigenvalue weighted by molar-refractivity contribution is 5.97. The molecule has 7 heteroatoms. The molecule has 1 heterocycles. The zero-order valence-electron chi connectivity index (χ0n) is 14.5. The molecule has 1 N–H and O–H groups in total. The van der Waals surface area contributed by atoms with Crippen molar-refractivity contribution in [3.63, 3.8) is 0 Å². The van der Waals surface area contributed by atoms with Crippen LogP contribution in [0.3, 0.4) is 0 Å². The summed E-state index contributed by atoms with van der Waals surface area (Å²) in [5.41, 5.74) is 1.91. The number of likely N-dealkylation sites (N-methyl/N-ethyl adjacent to an activating group) is 1. The monoisotopic (exact) mass is 334 g/mol. The highest BCUT2D eigenvalue weighted by Crippen LogP contribution is 2.24. The maximum Gasteiger partial charge on any atom is 0.258 e. The van der Waals surface area contributed by atoms with E-state index in [2.05, 4.69) is 9.97 Å². The van der Waals surface area contributed by atoms with Crippen molar-refractivity contribution < 1.29 is 13.9 Å². The van der Waals surface area contributed by atoms with E-state index in [-0.39, 0.29) is 17.2 Å². The van der Waals surface area contributed by atoms with Gasteiger partial charge in [-0.05, 0) is 33.2 Å². The molecule has 1 amide bonds. The molecule has 0 fully saturated rings. The number of methoxy groups -OCH3 is 1. The molecule has 0 aliphatic rings. The van der Waals surface area contributed by atoms with Crippen molar-refractivity contribution >= 4 is 5.91 Å². The van der Waals surface area contributed by atoms with E-state index in [4.69, 9.17) is 4.74 Å². The fourth-order valence-corrected chi connectivity index (χ4v) is 2.36. The quantitative estimate of drug-likeness (QED) is 0.842. The van der Waals surface area contributed by atoms with Crippen LogP contribution in [0.5, 0.6) is 5.75 Å². The number of aryl methyl sites for hydroxylation is 1. The lowest BCUT2D eigenvalue weighted by atomic mass is 10.1. The van der Waals surface area contributed by atoms with Gasteiger partial charge in [0.05, 0.1) is 31.2 Å². The van der Waals surface area contributed by atoms with E-state index in [1.165, 1.54) is 19.2 Å². The number of imidazole rings is 1. The Labute approximate surface area is 141 Å². The third-order valence-electron chi connectivity index (χ3n) is 3.78. The van der Waals surface area contributed by atoms with Crippen molar-refractivity contribution in [1.82, 2.24) is 19.8 Å². The third-order valence-corrected chi connectivity index (χ3v) is 3.78. The number of carbonyl (C=O) groups is 1. The van der Waals surface area contributed by atoms with Crippen LogP contribution in [0.15, 0.2) is 24.5 Å². The summed E-state index contributed by atoms with van der Waals surface area (Å²) in [4.78, 5) is 23.8. The predicted molar refractivity (Wildman–Crippen MR) is 89.6 cm³/mol. The Morgan fingerprint density at radius 2 is 2.08 bits per heavy atom. The number of carbonyl (C=O) groups excluding carboxylic acids is 1. The Bertz CT molecular complexity index is 700. The van der Waals surface area contributed by atoms with Crippen LogP contribution in [0.4, 0.5) is 4.39 Å². The van der Waals surface area contributed by atoms with Crippen LogP contribution in [-0.2, 0) is 6.54 Å². The summed E-state index contributed by atoms with van der Waals surface area (Å²) in [5.74, 6) is -0.862. The number of nitrogens with one attached hydrogen (secondary N) is 1. The minimum absolute atomic E-state index is 0.0314. The van der Waals surface area contributed by atoms with Gasteiger partial charge < -0.3 is 19.5 Å². The lowest BCUT2D eigenvalue weighted by molar-refractivity contribution is 0.0725. The number of para-hydroxylation sites is 1. The van der Waals surface area contributed by atoms with Crippen LogP contribution in [-0.4, -0.2) is 60.0 Å². The molecular weight excluding hydrogens is 311 g/mol. The number of halogens is 1. The van der Waals surface area contributed by atoms with E-state index in [9.17, 15) is 9.18 Å². The average Bonchev–Trinajstić information content (AvgIpc) is 2.95. The van der Waals surface area contributed by atoms with E-state index < -0.39 is 5.82 Å². The van der Waals surface area contributed by atoms with E-state index in [1.54, 1.807) is 17.3 Å². The van der Waals surface area contributed by atoms with E-state index in [1.807, 2.05) is 25.9 Å². The molecule has 2 rings (SSSR count). The molecule has 0 radical (unpaired) electrons. The first-order chi connectivity index (χ1) is 11.4. The van der Waals surface area contributed by atoms with Crippen molar-refractivity contribution in [1.29, 1.82) is 0 Å². The summed E-state index contributed by atoms with van der Waals surface area (Å²) in [5, 5.41) is 0. The summed E-state index contributed by atoms with van der Waals surface area (Å²) in [6.45, 7) is 3.44. The molecule has 0 saturated heterocycles. The summed E-state index contributed by atoms with van der Waals surface area (Å²) in [6, 6.07) is 4.36. The fourth-order valence-electron chi connectivity index (χ4n) is 2.36. The number of ether oxygens (including phenoxy) is 1. The smallest absolute Gasteiger partial charge is 0.258 e. The fraction of sp³-hybridized carbons (Fsp3) is 0.412. The zero-order valence-corrected chi connectivity index (χ0v) is 14.5. The standard InChI is InChI=1S/C17H23FN4O2/c1-12-15(20-11-19-12)10-22(9-8-21(2)3)17(23)13-6-5-7-14(18)16(13)24-4/h5-7,11H,8-10H2,1-4H3,(H,19,20). The first kappa shape index (κ1) is 17.9. The van der Waals surface area contributed by atoms with Gasteiger partial charge in [-0.15, -0.1) is 0 Å². The number of hydrogen-bond donors (Lipinski definition) is 1. The van der Waals surface area contributed by atoms with Gasteiger partial charge in [-0.25, -0.2) is 9.37 Å². The van der Waals surface area contributed by atoms with Crippen molar-refractivity contribution in [3.8, 4) is 5.75 Å². The van der Waals surface area contributed by atoms with Crippen molar-refractivity contribution in [2.24, 2.45) is 0 Å². The summed E-state index contributed by atoms with van der Waals surface area (Å²) < 4.78 is 19.0. The van der Waals surface area contributed by atoms with Gasteiger partial charge >= 0.3 is 0 Å². The number of amides is 1. The Balaban J connectivity index is 2.30. The van der Waals surface area contributed by atoms with E-state index in [0.717, 1.165) is 11.4 Å². The minimum atomic E-state index is -0.549. The van der Waals surface area contributed by atoms with Crippen molar-refractivity contribution in [3.05, 3.63) is 47.3 Å². The largest absolute Gasteiger partial charge is 0.493 e. The third kappa shape index (κ3) is 4.11. The molecule has 0 aliphatic heterocycles. The number of nitrogens with zero attached hydrogens (tertiary/aromatic N) is 3. The zero-order chi connectivity index (χ0) is 17.7. The van der Waals surface area contributed by atoms with Gasteiger partial charge in [0.1, 0.15) is 0 Å². The lowest BCUT2D eigenvalue weighted by Crippen LogP contribution is -2.36. The van der Waals surface area contributed by atoms with Crippen molar-refractivity contribution in [2.45, 2.75) is 13.5 Å². The highest BCUT2D eigenvalue weighted by Gasteiger charge is 2.23. The van der Waals surface area contributed by atoms with Crippen LogP contribution >= 0.6 is 0 Å². The molecule has 1 aromatic carbocycles. The SMILES string of the molecule is COc1c(F)cccc1C(=O)N(CCN(C)C)Cc1nc[nH]c1C. The molecule has 1 aromatic heterocycles. The van der Waals surface area contributed by atoms with Gasteiger partial charge in [-0.1, -0.05) is 6.07 Å². The first-order valence-corrected chi connectivity index (χ1v) is 7.69. The van der Waals surface area contributed by atoms with Crippen LogP contribution < -0.4 is 4.74 Å². The average molecular weight is 334 g/mol. The molecule has 2 aromatic rings. The molecule has 0 atom stereocenters. The molecule has 6 nitrogen and oxygen atoms in total. The highest BCUT2D eigenvalue weighted by atomic mass is 19.1. The number of rotatable bonds is 7. The molecule has 0 spiro atoms. The van der Waals surface area contributed by atoms with Crippen LogP contribution in [0, 0.1) is 12.7 Å². The Kier molecular flexibility index (Phi) is 5.92. The molecule has 0 aliphatic carbocycles. The number of aromatic nitrogens is 2. The lowest BCUT2D eigenvalue weighted by Gasteiger charge is -2.25. The maximum atomic E-state index is 13.9. The number of benzene rings is 1. The molecular formula is C17H23FN4O2. The Hall–Kier alpha value is -2.41. The number of hydrogen-bond acceptors (Lipinski definition) is 4. The number of aromatic amines is 1. The maximum absolute atomic E-state index is 13.9. The van der Waals surface area contributed by atoms with Gasteiger partial charge in [0.2, 0.25) is 0 Å². The summed E-state index contributed by atoms with van der Waals surface area (Å²) in [6.07, 6.45) is 1.60. The Morgan fingerprint density at radius 3 is 2.67 bits per heavy atom. The van der Waals surface area contributed by atoms with Crippen LogP contribution in [0.1, 0.15) is 21.7 Å². The first-order valence-electron chi connectivity index (χ1n) is 7.69. The predicted octanol–water partition coefficient (Wildman–Crippen LogP) is 2.07. The van der Waals surface area contributed by atoms with Crippen LogP contribution in [0.25, 0.3) is 0 Å². The van der Waals surface area contributed by atoms with Gasteiger partial charge in [-0.2, -0.15) is 0 Å². The molecule has 130 valence electrons. The van der Waals surface area contributed by atoms with E-state index >= 15 is 0 Å². The molecule has 0 unspecified atom stereocenters. The summed E-state index contributed by atoms with van der Waals surface area (Å²) in [7, 11) is 5.23. The topological polar surface area (TPSA) is 61.5 Å². The Morgan fingerprint density at radius 1 is 1.33 bits per heavy atom. The molecule has 0 bridgehead atoms. The normalized spacial score (nSPS) is 10.9. The summed E-state index contributed by atoms with van der Waals surface area (Å²) >= 11 is 0. The molecule has 24 heavy (non-hydrogen) atoms. The van der Waals surface area contributed by atoms with Gasteiger partial charge in [0.15, 0.2) is 11.6 Å². The van der Waals surface area contributed by atoms with Gasteiger partial charge in [-0.3, -0.25) is 4.79 Å². The molecule has 0 saturated carbocycles.